The Morgan fingerprint density at radius 1 is 1.10 bits per heavy atom. The first-order chi connectivity index (χ1) is 14.7. The van der Waals surface area contributed by atoms with Crippen LogP contribution in [0.3, 0.4) is 0 Å². The molecule has 1 aliphatic rings. The minimum absolute atomic E-state index is 0.346. The van der Waals surface area contributed by atoms with E-state index in [1.807, 2.05) is 0 Å². The fraction of sp³-hybridized carbons (Fsp3) is 0.318. The lowest BCUT2D eigenvalue weighted by Gasteiger charge is -2.13. The molecule has 8 heteroatoms. The first-order valence-corrected chi connectivity index (χ1v) is 10.2. The number of benzene rings is 2. The van der Waals surface area contributed by atoms with Crippen molar-refractivity contribution in [3.05, 3.63) is 66.0 Å². The molecule has 0 aliphatic carbocycles. The van der Waals surface area contributed by atoms with Gasteiger partial charge in [-0.1, -0.05) is 24.6 Å². The number of aryl methyl sites for hydroxylation is 1. The van der Waals surface area contributed by atoms with Gasteiger partial charge in [0.2, 0.25) is 0 Å². The van der Waals surface area contributed by atoms with E-state index in [4.69, 9.17) is 4.74 Å². The van der Waals surface area contributed by atoms with Crippen LogP contribution in [0, 0.1) is 5.82 Å². The van der Waals surface area contributed by atoms with Gasteiger partial charge in [0.15, 0.2) is 5.75 Å². The van der Waals surface area contributed by atoms with Crippen molar-refractivity contribution >= 4 is 11.7 Å². The fourth-order valence-corrected chi connectivity index (χ4v) is 3.50. The minimum atomic E-state index is -0.387. The Hall–Kier alpha value is -3.42. The molecule has 0 fully saturated rings. The number of nitrogens with one attached hydrogen (secondary N) is 2. The van der Waals surface area contributed by atoms with Gasteiger partial charge >= 0.3 is 6.03 Å². The van der Waals surface area contributed by atoms with Crippen LogP contribution in [0.5, 0.6) is 11.5 Å². The van der Waals surface area contributed by atoms with Crippen LogP contribution in [-0.4, -0.2) is 27.3 Å². The highest BCUT2D eigenvalue weighted by Crippen LogP contribution is 2.29. The average molecular weight is 409 g/mol. The van der Waals surface area contributed by atoms with Crippen molar-refractivity contribution in [2.24, 2.45) is 0 Å². The second-order valence-corrected chi connectivity index (χ2v) is 7.18. The molecule has 156 valence electrons. The third kappa shape index (κ3) is 4.94. The minimum Gasteiger partial charge on any atom is -0.455 e. The SMILES string of the molecule is O=C(NCCc1nnc2n1CCCCC2)Nc1ccccc1Oc1cccc(F)c1. The molecule has 0 saturated carbocycles. The highest BCUT2D eigenvalue weighted by Gasteiger charge is 2.15. The Morgan fingerprint density at radius 2 is 2.00 bits per heavy atom. The van der Waals surface area contributed by atoms with E-state index in [1.54, 1.807) is 36.4 Å². The number of aromatic nitrogens is 3. The molecule has 2 N–H and O–H groups in total. The summed E-state index contributed by atoms with van der Waals surface area (Å²) in [6.45, 7) is 1.38. The highest BCUT2D eigenvalue weighted by molar-refractivity contribution is 5.90. The van der Waals surface area contributed by atoms with E-state index in [-0.39, 0.29) is 11.8 Å². The van der Waals surface area contributed by atoms with E-state index in [0.717, 1.165) is 37.5 Å². The normalized spacial score (nSPS) is 13.2. The zero-order chi connectivity index (χ0) is 20.8. The van der Waals surface area contributed by atoms with Crippen LogP contribution in [0.25, 0.3) is 0 Å². The number of fused-ring (bicyclic) bond motifs is 1. The number of hydrogen-bond acceptors (Lipinski definition) is 4. The standard InChI is InChI=1S/C22H24FN5O2/c23-16-7-6-8-17(15-16)30-19-10-4-3-9-18(19)25-22(29)24-13-12-21-27-26-20-11-2-1-5-14-28(20)21/h3-4,6-10,15H,1-2,5,11-14H2,(H2,24,25,29). The molecule has 2 amide bonds. The zero-order valence-corrected chi connectivity index (χ0v) is 16.6. The van der Waals surface area contributed by atoms with E-state index >= 15 is 0 Å². The number of nitrogens with zero attached hydrogens (tertiary/aromatic N) is 3. The predicted molar refractivity (Wildman–Crippen MR) is 111 cm³/mol. The average Bonchev–Trinajstić information content (AvgIpc) is 2.96. The molecule has 1 aromatic heterocycles. The summed E-state index contributed by atoms with van der Waals surface area (Å²) in [7, 11) is 0. The maximum atomic E-state index is 13.4. The van der Waals surface area contributed by atoms with Gasteiger partial charge in [0.25, 0.3) is 0 Å². The van der Waals surface area contributed by atoms with Crippen molar-refractivity contribution in [1.82, 2.24) is 20.1 Å². The number of ether oxygens (including phenoxy) is 1. The Morgan fingerprint density at radius 3 is 2.90 bits per heavy atom. The second kappa shape index (κ2) is 9.39. The monoisotopic (exact) mass is 409 g/mol. The van der Waals surface area contributed by atoms with E-state index in [1.165, 1.54) is 18.6 Å². The van der Waals surface area contributed by atoms with Crippen LogP contribution in [-0.2, 0) is 19.4 Å². The molecular formula is C22H24FN5O2. The van der Waals surface area contributed by atoms with Crippen LogP contribution in [0.1, 0.15) is 30.9 Å². The van der Waals surface area contributed by atoms with Crippen LogP contribution in [0.2, 0.25) is 0 Å². The number of rotatable bonds is 6. The van der Waals surface area contributed by atoms with Crippen LogP contribution < -0.4 is 15.4 Å². The number of anilines is 1. The van der Waals surface area contributed by atoms with Gasteiger partial charge in [-0.25, -0.2) is 9.18 Å². The van der Waals surface area contributed by atoms with Crippen molar-refractivity contribution in [2.75, 3.05) is 11.9 Å². The van der Waals surface area contributed by atoms with E-state index in [2.05, 4.69) is 25.4 Å². The number of carbonyl (C=O) groups excluding carboxylic acids is 1. The topological polar surface area (TPSA) is 81.1 Å². The summed E-state index contributed by atoms with van der Waals surface area (Å²) in [6.07, 6.45) is 5.06. The van der Waals surface area contributed by atoms with Gasteiger partial charge in [0.05, 0.1) is 5.69 Å². The molecule has 30 heavy (non-hydrogen) atoms. The third-order valence-corrected chi connectivity index (χ3v) is 4.98. The van der Waals surface area contributed by atoms with Gasteiger partial charge in [-0.15, -0.1) is 10.2 Å². The van der Waals surface area contributed by atoms with E-state index in [0.29, 0.717) is 30.2 Å². The Kier molecular flexibility index (Phi) is 6.22. The molecule has 0 atom stereocenters. The number of carbonyl (C=O) groups is 1. The van der Waals surface area contributed by atoms with E-state index < -0.39 is 0 Å². The number of para-hydroxylation sites is 2. The molecular weight excluding hydrogens is 385 g/mol. The van der Waals surface area contributed by atoms with Crippen molar-refractivity contribution in [3.63, 3.8) is 0 Å². The van der Waals surface area contributed by atoms with Crippen LogP contribution in [0.15, 0.2) is 48.5 Å². The number of halogens is 1. The van der Waals surface area contributed by atoms with E-state index in [9.17, 15) is 9.18 Å². The summed E-state index contributed by atoms with van der Waals surface area (Å²) >= 11 is 0. The summed E-state index contributed by atoms with van der Waals surface area (Å²) in [4.78, 5) is 12.4. The predicted octanol–water partition coefficient (Wildman–Crippen LogP) is 4.30. The van der Waals surface area contributed by atoms with Gasteiger partial charge < -0.3 is 19.9 Å². The molecule has 1 aliphatic heterocycles. The number of hydrogen-bond donors (Lipinski definition) is 2. The highest BCUT2D eigenvalue weighted by atomic mass is 19.1. The van der Waals surface area contributed by atoms with Crippen molar-refractivity contribution in [1.29, 1.82) is 0 Å². The molecule has 0 saturated heterocycles. The lowest BCUT2D eigenvalue weighted by atomic mass is 10.2. The molecule has 4 rings (SSSR count). The lowest BCUT2D eigenvalue weighted by molar-refractivity contribution is 0.252. The zero-order valence-electron chi connectivity index (χ0n) is 16.6. The van der Waals surface area contributed by atoms with Crippen molar-refractivity contribution < 1.29 is 13.9 Å². The smallest absolute Gasteiger partial charge is 0.319 e. The van der Waals surface area contributed by atoms with Crippen molar-refractivity contribution in [3.8, 4) is 11.5 Å². The van der Waals surface area contributed by atoms with Gasteiger partial charge in [-0.3, -0.25) is 0 Å². The Bertz CT molecular complexity index is 1020. The molecule has 0 unspecified atom stereocenters. The largest absolute Gasteiger partial charge is 0.455 e. The molecule has 0 bridgehead atoms. The van der Waals surface area contributed by atoms with Crippen LogP contribution in [0.4, 0.5) is 14.9 Å². The Balaban J connectivity index is 1.33. The molecule has 3 aromatic rings. The summed E-state index contributed by atoms with van der Waals surface area (Å²) in [5.74, 6) is 2.35. The summed E-state index contributed by atoms with van der Waals surface area (Å²) in [5, 5.41) is 14.2. The fourth-order valence-electron chi connectivity index (χ4n) is 3.50. The molecule has 2 aromatic carbocycles. The first kappa shape index (κ1) is 19.9. The molecule has 2 heterocycles. The molecule has 7 nitrogen and oxygen atoms in total. The lowest BCUT2D eigenvalue weighted by Crippen LogP contribution is -2.31. The summed E-state index contributed by atoms with van der Waals surface area (Å²) in [5.41, 5.74) is 0.496. The van der Waals surface area contributed by atoms with Crippen LogP contribution >= 0.6 is 0 Å². The quantitative estimate of drug-likeness (QED) is 0.636. The number of urea groups is 1. The molecule has 0 radical (unpaired) electrons. The number of amides is 2. The van der Waals surface area contributed by atoms with Crippen molar-refractivity contribution in [2.45, 2.75) is 38.6 Å². The maximum absolute atomic E-state index is 13.4. The van der Waals surface area contributed by atoms with Gasteiger partial charge in [0.1, 0.15) is 23.2 Å². The summed E-state index contributed by atoms with van der Waals surface area (Å²) in [6, 6.07) is 12.5. The van der Waals surface area contributed by atoms with Gasteiger partial charge in [-0.2, -0.15) is 0 Å². The third-order valence-electron chi connectivity index (χ3n) is 4.98. The van der Waals surface area contributed by atoms with Gasteiger partial charge in [0, 0.05) is 32.0 Å². The Labute approximate surface area is 174 Å². The summed E-state index contributed by atoms with van der Waals surface area (Å²) < 4.78 is 21.3. The van der Waals surface area contributed by atoms with Gasteiger partial charge in [-0.05, 0) is 37.1 Å². The second-order valence-electron chi connectivity index (χ2n) is 7.18. The maximum Gasteiger partial charge on any atom is 0.319 e. The first-order valence-electron chi connectivity index (χ1n) is 10.2. The molecule has 0 spiro atoms.